The third-order valence-electron chi connectivity index (χ3n) is 2.55. The van der Waals surface area contributed by atoms with E-state index in [0.717, 1.165) is 17.3 Å². The lowest BCUT2D eigenvalue weighted by molar-refractivity contribution is 0.0923. The monoisotopic (exact) mass is 272 g/mol. The van der Waals surface area contributed by atoms with Gasteiger partial charge in [0.05, 0.1) is 13.7 Å². The van der Waals surface area contributed by atoms with Crippen LogP contribution in [0.1, 0.15) is 12.8 Å². The van der Waals surface area contributed by atoms with Crippen molar-refractivity contribution in [3.05, 3.63) is 22.7 Å². The Hall–Kier alpha value is -0.740. The van der Waals surface area contributed by atoms with Crippen molar-refractivity contribution in [1.29, 1.82) is 0 Å². The Morgan fingerprint density at radius 1 is 1.40 bits per heavy atom. The van der Waals surface area contributed by atoms with Crippen molar-refractivity contribution >= 4 is 15.9 Å². The van der Waals surface area contributed by atoms with Crippen LogP contribution in [0.2, 0.25) is 0 Å². The number of rotatable bonds is 4. The predicted molar refractivity (Wildman–Crippen MR) is 60.4 cm³/mol. The summed E-state index contributed by atoms with van der Waals surface area (Å²) < 4.78 is 11.9. The molecule has 0 unspecified atom stereocenters. The molecule has 1 aromatic rings. The average Bonchev–Trinajstić information content (AvgIpc) is 3.01. The lowest BCUT2D eigenvalue weighted by Gasteiger charge is -2.17. The second-order valence-electron chi connectivity index (χ2n) is 3.74. The molecule has 82 valence electrons. The van der Waals surface area contributed by atoms with Crippen molar-refractivity contribution in [2.75, 3.05) is 13.7 Å². The van der Waals surface area contributed by atoms with E-state index in [1.54, 1.807) is 7.11 Å². The molecule has 1 N–H and O–H groups in total. The first-order chi connectivity index (χ1) is 7.19. The highest BCUT2D eigenvalue weighted by atomic mass is 79.9. The molecule has 1 aromatic carbocycles. The average molecular weight is 273 g/mol. The number of hydrogen-bond acceptors (Lipinski definition) is 3. The van der Waals surface area contributed by atoms with Crippen LogP contribution in [0.5, 0.6) is 11.5 Å². The van der Waals surface area contributed by atoms with E-state index in [0.29, 0.717) is 11.5 Å². The molecule has 0 saturated heterocycles. The fraction of sp³-hybridized carbons (Fsp3) is 0.455. The highest BCUT2D eigenvalue weighted by Gasteiger charge is 2.45. The zero-order valence-corrected chi connectivity index (χ0v) is 10.1. The molecule has 15 heavy (non-hydrogen) atoms. The largest absolute Gasteiger partial charge is 0.493 e. The highest BCUT2D eigenvalue weighted by molar-refractivity contribution is 9.10. The van der Waals surface area contributed by atoms with E-state index >= 15 is 0 Å². The van der Waals surface area contributed by atoms with Gasteiger partial charge in [-0.1, -0.05) is 15.9 Å². The van der Waals surface area contributed by atoms with Gasteiger partial charge < -0.3 is 14.6 Å². The van der Waals surface area contributed by atoms with Crippen molar-refractivity contribution < 1.29 is 14.6 Å². The minimum absolute atomic E-state index is 0.0617. The second-order valence-corrected chi connectivity index (χ2v) is 4.65. The van der Waals surface area contributed by atoms with Crippen molar-refractivity contribution in [3.8, 4) is 11.5 Å². The van der Waals surface area contributed by atoms with Gasteiger partial charge in [-0.2, -0.15) is 0 Å². The van der Waals surface area contributed by atoms with Gasteiger partial charge in [0.25, 0.3) is 0 Å². The van der Waals surface area contributed by atoms with Crippen LogP contribution in [-0.4, -0.2) is 24.4 Å². The fourth-order valence-corrected chi connectivity index (χ4v) is 1.73. The summed E-state index contributed by atoms with van der Waals surface area (Å²) in [5.74, 6) is 1.37. The Morgan fingerprint density at radius 3 is 2.67 bits per heavy atom. The third kappa shape index (κ3) is 2.26. The molecule has 2 rings (SSSR count). The summed E-state index contributed by atoms with van der Waals surface area (Å²) in [6.07, 6.45) is 1.81. The van der Waals surface area contributed by atoms with Gasteiger partial charge >= 0.3 is 0 Å². The van der Waals surface area contributed by atoms with Gasteiger partial charge in [0, 0.05) is 4.47 Å². The predicted octanol–water partition coefficient (Wildman–Crippen LogP) is 2.36. The lowest BCUT2D eigenvalue weighted by Crippen LogP contribution is -2.22. The molecule has 0 atom stereocenters. The maximum Gasteiger partial charge on any atom is 0.162 e. The summed E-state index contributed by atoms with van der Waals surface area (Å²) in [4.78, 5) is 0. The van der Waals surface area contributed by atoms with Gasteiger partial charge in [0.2, 0.25) is 0 Å². The van der Waals surface area contributed by atoms with Gasteiger partial charge in [-0.3, -0.25) is 0 Å². The summed E-state index contributed by atoms with van der Waals surface area (Å²) >= 11 is 3.36. The quantitative estimate of drug-likeness (QED) is 0.915. The molecule has 0 bridgehead atoms. The molecule has 1 fully saturated rings. The molecule has 0 heterocycles. The van der Waals surface area contributed by atoms with Gasteiger partial charge in [0.15, 0.2) is 11.5 Å². The van der Waals surface area contributed by atoms with Crippen molar-refractivity contribution in [1.82, 2.24) is 0 Å². The second kappa shape index (κ2) is 4.02. The van der Waals surface area contributed by atoms with Crippen molar-refractivity contribution in [2.45, 2.75) is 18.4 Å². The van der Waals surface area contributed by atoms with Gasteiger partial charge in [-0.25, -0.2) is 0 Å². The zero-order valence-electron chi connectivity index (χ0n) is 8.50. The Balaban J connectivity index is 2.20. The standard InChI is InChI=1S/C11H13BrO3/c1-14-10-6-8(12)2-3-9(10)15-11(7-13)4-5-11/h2-3,6,13H,4-5,7H2,1H3. The molecule has 1 saturated carbocycles. The van der Waals surface area contributed by atoms with Crippen LogP contribution < -0.4 is 9.47 Å². The molecule has 4 heteroatoms. The fourth-order valence-electron chi connectivity index (χ4n) is 1.39. The Kier molecular flexibility index (Phi) is 2.89. The molecule has 0 aliphatic heterocycles. The van der Waals surface area contributed by atoms with Crippen LogP contribution in [0.25, 0.3) is 0 Å². The molecule has 3 nitrogen and oxygen atoms in total. The molecule has 0 radical (unpaired) electrons. The van der Waals surface area contributed by atoms with Crippen LogP contribution in [-0.2, 0) is 0 Å². The smallest absolute Gasteiger partial charge is 0.162 e. The summed E-state index contributed by atoms with van der Waals surface area (Å²) in [6, 6.07) is 5.59. The zero-order chi connectivity index (χ0) is 10.9. The van der Waals surface area contributed by atoms with Crippen LogP contribution in [0, 0.1) is 0 Å². The Bertz CT molecular complexity index is 361. The summed E-state index contributed by atoms with van der Waals surface area (Å²) in [7, 11) is 1.60. The lowest BCUT2D eigenvalue weighted by atomic mass is 10.3. The minimum Gasteiger partial charge on any atom is -0.493 e. The van der Waals surface area contributed by atoms with Crippen LogP contribution in [0.4, 0.5) is 0 Å². The van der Waals surface area contributed by atoms with E-state index in [-0.39, 0.29) is 12.2 Å². The Morgan fingerprint density at radius 2 is 2.13 bits per heavy atom. The van der Waals surface area contributed by atoms with E-state index in [9.17, 15) is 0 Å². The van der Waals surface area contributed by atoms with E-state index in [1.807, 2.05) is 18.2 Å². The number of benzene rings is 1. The topological polar surface area (TPSA) is 38.7 Å². The Labute approximate surface area is 97.1 Å². The third-order valence-corrected chi connectivity index (χ3v) is 3.04. The first kappa shape index (κ1) is 10.8. The molecule has 1 aliphatic rings. The summed E-state index contributed by atoms with van der Waals surface area (Å²) in [5.41, 5.74) is -0.360. The minimum atomic E-state index is -0.360. The van der Waals surface area contributed by atoms with E-state index in [1.165, 1.54) is 0 Å². The van der Waals surface area contributed by atoms with Crippen LogP contribution >= 0.6 is 15.9 Å². The molecule has 1 aliphatic carbocycles. The number of ether oxygens (including phenoxy) is 2. The van der Waals surface area contributed by atoms with Gasteiger partial charge in [-0.15, -0.1) is 0 Å². The maximum atomic E-state index is 9.16. The SMILES string of the molecule is COc1cc(Br)ccc1OC1(CO)CC1. The first-order valence-electron chi connectivity index (χ1n) is 4.82. The number of aliphatic hydroxyl groups is 1. The summed E-state index contributed by atoms with van der Waals surface area (Å²) in [6.45, 7) is 0.0617. The van der Waals surface area contributed by atoms with E-state index < -0.39 is 0 Å². The van der Waals surface area contributed by atoms with E-state index in [4.69, 9.17) is 14.6 Å². The molecule has 0 amide bonds. The van der Waals surface area contributed by atoms with Gasteiger partial charge in [0.1, 0.15) is 5.60 Å². The molecule has 0 aromatic heterocycles. The number of hydrogen-bond donors (Lipinski definition) is 1. The van der Waals surface area contributed by atoms with Crippen molar-refractivity contribution in [2.24, 2.45) is 0 Å². The molecule has 0 spiro atoms. The molecular weight excluding hydrogens is 260 g/mol. The van der Waals surface area contributed by atoms with Crippen molar-refractivity contribution in [3.63, 3.8) is 0 Å². The highest BCUT2D eigenvalue weighted by Crippen LogP contribution is 2.42. The maximum absolute atomic E-state index is 9.16. The normalized spacial score (nSPS) is 17.3. The number of halogens is 1. The molecular formula is C11H13BrO3. The first-order valence-corrected chi connectivity index (χ1v) is 5.62. The van der Waals surface area contributed by atoms with Crippen LogP contribution in [0.3, 0.4) is 0 Å². The summed E-state index contributed by atoms with van der Waals surface area (Å²) in [5, 5.41) is 9.16. The van der Waals surface area contributed by atoms with Crippen LogP contribution in [0.15, 0.2) is 22.7 Å². The van der Waals surface area contributed by atoms with E-state index in [2.05, 4.69) is 15.9 Å². The van der Waals surface area contributed by atoms with Gasteiger partial charge in [-0.05, 0) is 31.0 Å². The number of methoxy groups -OCH3 is 1. The number of aliphatic hydroxyl groups excluding tert-OH is 1.